The Morgan fingerprint density at radius 2 is 1.96 bits per heavy atom. The molecule has 0 bridgehead atoms. The number of amides is 1. The van der Waals surface area contributed by atoms with Gasteiger partial charge in [0.05, 0.1) is 12.8 Å². The summed E-state index contributed by atoms with van der Waals surface area (Å²) in [4.78, 5) is 23.3. The number of hydrogen-bond acceptors (Lipinski definition) is 6. The van der Waals surface area contributed by atoms with Gasteiger partial charge in [-0.2, -0.15) is 5.26 Å². The van der Waals surface area contributed by atoms with Crippen molar-refractivity contribution >= 4 is 17.4 Å². The van der Waals surface area contributed by atoms with Gasteiger partial charge in [0.15, 0.2) is 23.9 Å². The van der Waals surface area contributed by atoms with Crippen LogP contribution in [-0.4, -0.2) is 38.5 Å². The van der Waals surface area contributed by atoms with E-state index in [0.717, 1.165) is 0 Å². The Kier molecular flexibility index (Phi) is 7.34. The summed E-state index contributed by atoms with van der Waals surface area (Å²) in [6.45, 7) is 1.77. The van der Waals surface area contributed by atoms with Crippen LogP contribution in [0.4, 0.5) is 10.1 Å². The molecule has 8 heteroatoms. The Morgan fingerprint density at radius 3 is 2.64 bits per heavy atom. The first-order valence-corrected chi connectivity index (χ1v) is 8.47. The molecule has 0 saturated carbocycles. The number of rotatable bonds is 9. The molecule has 2 rings (SSSR count). The second-order valence-corrected chi connectivity index (χ2v) is 5.76. The molecule has 2 aromatic rings. The van der Waals surface area contributed by atoms with Gasteiger partial charge in [-0.25, -0.2) is 4.39 Å². The van der Waals surface area contributed by atoms with Gasteiger partial charge in [-0.05, 0) is 37.3 Å². The summed E-state index contributed by atoms with van der Waals surface area (Å²) in [5.41, 5.74) is 0.773. The van der Waals surface area contributed by atoms with E-state index in [0.29, 0.717) is 29.3 Å². The van der Waals surface area contributed by atoms with Crippen LogP contribution in [0.15, 0.2) is 36.4 Å². The van der Waals surface area contributed by atoms with Gasteiger partial charge >= 0.3 is 0 Å². The third-order valence-electron chi connectivity index (χ3n) is 3.82. The summed E-state index contributed by atoms with van der Waals surface area (Å²) in [5.74, 6) is -0.363. The first-order chi connectivity index (χ1) is 13.5. The second kappa shape index (κ2) is 9.92. The molecule has 1 amide bonds. The third-order valence-corrected chi connectivity index (χ3v) is 3.82. The monoisotopic (exact) mass is 385 g/mol. The van der Waals surface area contributed by atoms with Gasteiger partial charge in [-0.15, -0.1) is 0 Å². The Bertz CT molecular complexity index is 909. The molecule has 0 aliphatic heterocycles. The Hall–Kier alpha value is -3.60. The summed E-state index contributed by atoms with van der Waals surface area (Å²) in [6.07, 6.45) is 0. The number of ketones is 1. The van der Waals surface area contributed by atoms with E-state index in [4.69, 9.17) is 14.7 Å². The molecular weight excluding hydrogens is 365 g/mol. The molecular formula is C20H20FN3O4. The maximum absolute atomic E-state index is 13.5. The van der Waals surface area contributed by atoms with Crippen LogP contribution in [0, 0.1) is 17.1 Å². The molecule has 0 aliphatic rings. The number of methoxy groups -OCH3 is 1. The van der Waals surface area contributed by atoms with Crippen molar-refractivity contribution in [2.45, 2.75) is 6.92 Å². The standard InChI is InChI=1S/C20H20FN3O4/c1-13(25)14-6-7-18(19(10-14)27-2)28-12-20(26)24-9-8-23-17-5-3-4-16(21)15(17)11-22/h3-7,10,23H,8-9,12H2,1-2H3,(H,24,26). The van der Waals surface area contributed by atoms with Crippen molar-refractivity contribution in [2.75, 3.05) is 32.1 Å². The molecule has 0 heterocycles. The fourth-order valence-electron chi connectivity index (χ4n) is 2.38. The van der Waals surface area contributed by atoms with Gasteiger partial charge in [0.1, 0.15) is 17.4 Å². The smallest absolute Gasteiger partial charge is 0.258 e. The number of carbonyl (C=O) groups excluding carboxylic acids is 2. The number of nitrogens with one attached hydrogen (secondary N) is 2. The van der Waals surface area contributed by atoms with E-state index in [1.54, 1.807) is 30.3 Å². The lowest BCUT2D eigenvalue weighted by molar-refractivity contribution is -0.123. The predicted octanol–water partition coefficient (Wildman–Crippen LogP) is 2.52. The fourth-order valence-corrected chi connectivity index (χ4v) is 2.38. The van der Waals surface area contributed by atoms with Gasteiger partial charge in [0.25, 0.3) is 5.91 Å². The molecule has 2 aromatic carbocycles. The van der Waals surface area contributed by atoms with E-state index in [-0.39, 0.29) is 30.4 Å². The van der Waals surface area contributed by atoms with Gasteiger partial charge in [-0.1, -0.05) is 6.07 Å². The summed E-state index contributed by atoms with van der Waals surface area (Å²) in [7, 11) is 1.44. The lowest BCUT2D eigenvalue weighted by atomic mass is 10.1. The average molecular weight is 385 g/mol. The Morgan fingerprint density at radius 1 is 1.18 bits per heavy atom. The summed E-state index contributed by atoms with van der Waals surface area (Å²) in [5, 5.41) is 14.5. The first-order valence-electron chi connectivity index (χ1n) is 8.47. The highest BCUT2D eigenvalue weighted by atomic mass is 19.1. The van der Waals surface area contributed by atoms with E-state index in [9.17, 15) is 14.0 Å². The van der Waals surface area contributed by atoms with Crippen LogP contribution >= 0.6 is 0 Å². The highest BCUT2D eigenvalue weighted by Gasteiger charge is 2.11. The maximum atomic E-state index is 13.5. The van der Waals surface area contributed by atoms with E-state index >= 15 is 0 Å². The van der Waals surface area contributed by atoms with Crippen molar-refractivity contribution in [1.29, 1.82) is 5.26 Å². The molecule has 0 fully saturated rings. The number of halogens is 1. The lowest BCUT2D eigenvalue weighted by Crippen LogP contribution is -2.32. The van der Waals surface area contributed by atoms with Crippen LogP contribution in [0.3, 0.4) is 0 Å². The van der Waals surface area contributed by atoms with Crippen LogP contribution in [0.25, 0.3) is 0 Å². The molecule has 7 nitrogen and oxygen atoms in total. The second-order valence-electron chi connectivity index (χ2n) is 5.76. The van der Waals surface area contributed by atoms with E-state index < -0.39 is 5.82 Å². The quantitative estimate of drug-likeness (QED) is 0.508. The Balaban J connectivity index is 1.80. The zero-order chi connectivity index (χ0) is 20.5. The van der Waals surface area contributed by atoms with Crippen LogP contribution in [0.5, 0.6) is 11.5 Å². The van der Waals surface area contributed by atoms with Gasteiger partial charge in [-0.3, -0.25) is 9.59 Å². The van der Waals surface area contributed by atoms with Crippen LogP contribution < -0.4 is 20.1 Å². The number of benzene rings is 2. The molecule has 2 N–H and O–H groups in total. The topological polar surface area (TPSA) is 100 Å². The minimum Gasteiger partial charge on any atom is -0.493 e. The van der Waals surface area contributed by atoms with Crippen molar-refractivity contribution in [3.63, 3.8) is 0 Å². The van der Waals surface area contributed by atoms with Crippen molar-refractivity contribution in [3.05, 3.63) is 53.3 Å². The summed E-state index contributed by atoms with van der Waals surface area (Å²) < 4.78 is 24.1. The SMILES string of the molecule is COc1cc(C(C)=O)ccc1OCC(=O)NCCNc1cccc(F)c1C#N. The van der Waals surface area contributed by atoms with Gasteiger partial charge in [0.2, 0.25) is 0 Å². The average Bonchev–Trinajstić information content (AvgIpc) is 2.69. The highest BCUT2D eigenvalue weighted by Crippen LogP contribution is 2.28. The minimum atomic E-state index is -0.602. The molecule has 0 aromatic heterocycles. The van der Waals surface area contributed by atoms with Gasteiger partial charge in [0, 0.05) is 18.7 Å². The summed E-state index contributed by atoms with van der Waals surface area (Å²) >= 11 is 0. The number of hydrogen-bond donors (Lipinski definition) is 2. The maximum Gasteiger partial charge on any atom is 0.258 e. The highest BCUT2D eigenvalue weighted by molar-refractivity contribution is 5.94. The molecule has 0 radical (unpaired) electrons. The fraction of sp³-hybridized carbons (Fsp3) is 0.250. The van der Waals surface area contributed by atoms with E-state index in [2.05, 4.69) is 10.6 Å². The van der Waals surface area contributed by atoms with E-state index in [1.807, 2.05) is 0 Å². The molecule has 0 aliphatic carbocycles. The zero-order valence-corrected chi connectivity index (χ0v) is 15.5. The minimum absolute atomic E-state index is 0.0711. The molecule has 146 valence electrons. The van der Waals surface area contributed by atoms with Gasteiger partial charge < -0.3 is 20.1 Å². The third kappa shape index (κ3) is 5.45. The predicted molar refractivity (Wildman–Crippen MR) is 101 cm³/mol. The first kappa shape index (κ1) is 20.7. The summed E-state index contributed by atoms with van der Waals surface area (Å²) in [6, 6.07) is 10.8. The largest absolute Gasteiger partial charge is 0.493 e. The number of nitrogens with zero attached hydrogens (tertiary/aromatic N) is 1. The number of Topliss-reactive ketones (excluding diaryl/α,β-unsaturated/α-hetero) is 1. The van der Waals surface area contributed by atoms with Crippen LogP contribution in [0.2, 0.25) is 0 Å². The van der Waals surface area contributed by atoms with Crippen LogP contribution in [0.1, 0.15) is 22.8 Å². The lowest BCUT2D eigenvalue weighted by Gasteiger charge is -2.12. The molecule has 0 unspecified atom stereocenters. The van der Waals surface area contributed by atoms with E-state index in [1.165, 1.54) is 26.2 Å². The molecule has 0 atom stereocenters. The number of ether oxygens (including phenoxy) is 2. The number of carbonyl (C=O) groups is 2. The van der Waals surface area contributed by atoms with Crippen molar-refractivity contribution in [1.82, 2.24) is 5.32 Å². The molecule has 28 heavy (non-hydrogen) atoms. The Labute approximate surface area is 162 Å². The zero-order valence-electron chi connectivity index (χ0n) is 15.5. The normalized spacial score (nSPS) is 9.93. The number of anilines is 1. The van der Waals surface area contributed by atoms with Crippen molar-refractivity contribution in [3.8, 4) is 17.6 Å². The molecule has 0 saturated heterocycles. The molecule has 0 spiro atoms. The van der Waals surface area contributed by atoms with Crippen molar-refractivity contribution < 1.29 is 23.5 Å². The number of nitriles is 1. The van der Waals surface area contributed by atoms with Crippen LogP contribution in [-0.2, 0) is 4.79 Å². The van der Waals surface area contributed by atoms with Crippen molar-refractivity contribution in [2.24, 2.45) is 0 Å².